The molecular weight excluding hydrogens is 510 g/mol. The Labute approximate surface area is 231 Å². The lowest BCUT2D eigenvalue weighted by atomic mass is 9.92. The summed E-state index contributed by atoms with van der Waals surface area (Å²) in [6.45, 7) is 6.07. The molecule has 3 aromatic carbocycles. The maximum absolute atomic E-state index is 13.6. The number of carbonyl (C=O) groups excluding carboxylic acids is 2. The second-order valence-corrected chi connectivity index (χ2v) is 12.1. The number of hydrogen-bond donors (Lipinski definition) is 2. The minimum Gasteiger partial charge on any atom is -0.326 e. The molecule has 0 aliphatic carbocycles. The van der Waals surface area contributed by atoms with E-state index < -0.39 is 5.25 Å². The molecule has 0 spiro atoms. The van der Waals surface area contributed by atoms with Crippen molar-refractivity contribution in [3.63, 3.8) is 0 Å². The van der Waals surface area contributed by atoms with Gasteiger partial charge in [0.1, 0.15) is 16.3 Å². The highest BCUT2D eigenvalue weighted by molar-refractivity contribution is 8.00. The van der Waals surface area contributed by atoms with Crippen LogP contribution in [0.3, 0.4) is 0 Å². The Bertz CT molecular complexity index is 1450. The molecule has 0 radical (unpaired) electrons. The summed E-state index contributed by atoms with van der Waals surface area (Å²) < 4.78 is 0. The van der Waals surface area contributed by atoms with Crippen molar-refractivity contribution in [1.29, 1.82) is 5.26 Å². The smallest absolute Gasteiger partial charge is 0.243 e. The minimum atomic E-state index is -0.564. The van der Waals surface area contributed by atoms with E-state index in [0.717, 1.165) is 21.6 Å². The van der Waals surface area contributed by atoms with E-state index >= 15 is 0 Å². The van der Waals surface area contributed by atoms with Crippen LogP contribution in [-0.4, -0.2) is 11.8 Å². The molecule has 5 nitrogen and oxygen atoms in total. The van der Waals surface area contributed by atoms with E-state index in [1.54, 1.807) is 0 Å². The molecule has 2 amide bonds. The van der Waals surface area contributed by atoms with Crippen LogP contribution in [0.2, 0.25) is 0 Å². The molecule has 4 rings (SSSR count). The Kier molecular flexibility index (Phi) is 8.67. The van der Waals surface area contributed by atoms with Crippen LogP contribution in [0.25, 0.3) is 11.1 Å². The van der Waals surface area contributed by atoms with Gasteiger partial charge in [-0.1, -0.05) is 87.5 Å². The Morgan fingerprint density at radius 2 is 1.63 bits per heavy atom. The van der Waals surface area contributed by atoms with Gasteiger partial charge in [0.05, 0.1) is 5.56 Å². The number of rotatable bonds is 8. The largest absolute Gasteiger partial charge is 0.326 e. The first-order valence-electron chi connectivity index (χ1n) is 12.2. The number of benzene rings is 3. The zero-order valence-corrected chi connectivity index (χ0v) is 23.2. The second kappa shape index (κ2) is 12.1. The molecule has 0 aliphatic rings. The fourth-order valence-electron chi connectivity index (χ4n) is 3.94. The van der Waals surface area contributed by atoms with Crippen LogP contribution in [0.4, 0.5) is 10.7 Å². The van der Waals surface area contributed by atoms with Gasteiger partial charge in [0.15, 0.2) is 0 Å². The molecule has 192 valence electrons. The molecular formula is C31H29N3O2S2. The zero-order chi connectivity index (χ0) is 27.1. The van der Waals surface area contributed by atoms with Gasteiger partial charge in [0.25, 0.3) is 0 Å². The monoisotopic (exact) mass is 539 g/mol. The number of nitriles is 1. The highest BCUT2D eigenvalue weighted by Gasteiger charge is 2.25. The molecule has 0 saturated carbocycles. The summed E-state index contributed by atoms with van der Waals surface area (Å²) in [6.07, 6.45) is 0.409. The summed E-state index contributed by atoms with van der Waals surface area (Å²) >= 11 is 2.74. The van der Waals surface area contributed by atoms with Gasteiger partial charge in [-0.15, -0.1) is 23.1 Å². The van der Waals surface area contributed by atoms with Crippen LogP contribution in [0.1, 0.15) is 43.6 Å². The SMILES string of the molecule is CC(C)(C)CC(=O)Nc1cccc(SC(C(=O)Nc2scc(-c3ccccc3)c2C#N)c2ccccc2)c1. The zero-order valence-electron chi connectivity index (χ0n) is 21.5. The van der Waals surface area contributed by atoms with Crippen molar-refractivity contribution in [3.05, 3.63) is 101 Å². The Morgan fingerprint density at radius 3 is 2.29 bits per heavy atom. The quantitative estimate of drug-likeness (QED) is 0.221. The fraction of sp³-hybridized carbons (Fsp3) is 0.194. The van der Waals surface area contributed by atoms with Crippen molar-refractivity contribution < 1.29 is 9.59 Å². The van der Waals surface area contributed by atoms with Gasteiger partial charge in [-0.2, -0.15) is 5.26 Å². The number of anilines is 2. The van der Waals surface area contributed by atoms with Crippen LogP contribution in [0.5, 0.6) is 0 Å². The van der Waals surface area contributed by atoms with Crippen molar-refractivity contribution in [2.24, 2.45) is 5.41 Å². The first-order valence-corrected chi connectivity index (χ1v) is 14.0. The van der Waals surface area contributed by atoms with Crippen LogP contribution >= 0.6 is 23.1 Å². The van der Waals surface area contributed by atoms with Gasteiger partial charge in [-0.3, -0.25) is 9.59 Å². The third-order valence-corrected chi connectivity index (χ3v) is 7.77. The lowest BCUT2D eigenvalue weighted by Gasteiger charge is -2.19. The third-order valence-electron chi connectivity index (χ3n) is 5.63. The van der Waals surface area contributed by atoms with E-state index in [2.05, 4.69) is 16.7 Å². The molecule has 0 bridgehead atoms. The topological polar surface area (TPSA) is 82.0 Å². The summed E-state index contributed by atoms with van der Waals surface area (Å²) in [5.41, 5.74) is 3.60. The van der Waals surface area contributed by atoms with E-state index in [0.29, 0.717) is 22.7 Å². The van der Waals surface area contributed by atoms with Gasteiger partial charge in [0.2, 0.25) is 11.8 Å². The van der Waals surface area contributed by atoms with E-state index in [9.17, 15) is 14.9 Å². The molecule has 1 heterocycles. The van der Waals surface area contributed by atoms with E-state index in [1.807, 2.05) is 111 Å². The number of nitrogens with zero attached hydrogens (tertiary/aromatic N) is 1. The number of amides is 2. The Hall–Kier alpha value is -3.86. The molecule has 7 heteroatoms. The van der Waals surface area contributed by atoms with Gasteiger partial charge >= 0.3 is 0 Å². The first-order chi connectivity index (χ1) is 18.2. The number of hydrogen-bond acceptors (Lipinski definition) is 5. The number of thiophene rings is 1. The van der Waals surface area contributed by atoms with Crippen LogP contribution in [0, 0.1) is 16.7 Å². The van der Waals surface area contributed by atoms with E-state index in [-0.39, 0.29) is 17.2 Å². The average Bonchev–Trinajstić information content (AvgIpc) is 3.29. The predicted octanol–water partition coefficient (Wildman–Crippen LogP) is 8.13. The summed E-state index contributed by atoms with van der Waals surface area (Å²) in [5.74, 6) is -0.269. The van der Waals surface area contributed by atoms with Gasteiger partial charge in [0, 0.05) is 27.9 Å². The average molecular weight is 540 g/mol. The fourth-order valence-corrected chi connectivity index (χ4v) is 5.95. The van der Waals surface area contributed by atoms with Crippen LogP contribution < -0.4 is 10.6 Å². The van der Waals surface area contributed by atoms with Crippen molar-refractivity contribution in [1.82, 2.24) is 0 Å². The molecule has 1 aromatic heterocycles. The molecule has 1 unspecified atom stereocenters. The lowest BCUT2D eigenvalue weighted by molar-refractivity contribution is -0.118. The van der Waals surface area contributed by atoms with Gasteiger partial charge in [-0.25, -0.2) is 0 Å². The summed E-state index contributed by atoms with van der Waals surface area (Å²) in [4.78, 5) is 26.9. The van der Waals surface area contributed by atoms with Gasteiger partial charge in [-0.05, 0) is 34.7 Å². The summed E-state index contributed by atoms with van der Waals surface area (Å²) in [6, 6.07) is 29.0. The van der Waals surface area contributed by atoms with E-state index in [4.69, 9.17) is 0 Å². The lowest BCUT2D eigenvalue weighted by Crippen LogP contribution is -2.20. The molecule has 0 fully saturated rings. The highest BCUT2D eigenvalue weighted by atomic mass is 32.2. The normalized spacial score (nSPS) is 11.8. The molecule has 0 saturated heterocycles. The molecule has 2 N–H and O–H groups in total. The number of thioether (sulfide) groups is 1. The Morgan fingerprint density at radius 1 is 0.947 bits per heavy atom. The van der Waals surface area contributed by atoms with Gasteiger partial charge < -0.3 is 10.6 Å². The molecule has 1 atom stereocenters. The van der Waals surface area contributed by atoms with Crippen molar-refractivity contribution in [2.75, 3.05) is 10.6 Å². The molecule has 4 aromatic rings. The van der Waals surface area contributed by atoms with Crippen LogP contribution in [-0.2, 0) is 9.59 Å². The third kappa shape index (κ3) is 7.12. The minimum absolute atomic E-state index is 0.0482. The number of nitrogens with one attached hydrogen (secondary N) is 2. The van der Waals surface area contributed by atoms with Crippen LogP contribution in [0.15, 0.2) is 95.2 Å². The summed E-state index contributed by atoms with van der Waals surface area (Å²) in [5, 5.41) is 17.7. The number of carbonyl (C=O) groups is 2. The maximum Gasteiger partial charge on any atom is 0.243 e. The van der Waals surface area contributed by atoms with Crippen molar-refractivity contribution in [2.45, 2.75) is 37.3 Å². The second-order valence-electron chi connectivity index (χ2n) is 10.0. The standard InChI is InChI=1S/C31H29N3O2S2/c1-31(2,3)18-27(35)33-23-15-10-16-24(17-23)38-28(22-13-8-5-9-14-22)29(36)34-30-25(19-32)26(20-37-30)21-11-6-4-7-12-21/h4-17,20,28H,18H2,1-3H3,(H,33,35)(H,34,36). The van der Waals surface area contributed by atoms with E-state index in [1.165, 1.54) is 23.1 Å². The molecule has 0 aliphatic heterocycles. The van der Waals surface area contributed by atoms with Crippen molar-refractivity contribution >= 4 is 45.6 Å². The predicted molar refractivity (Wildman–Crippen MR) is 157 cm³/mol. The maximum atomic E-state index is 13.6. The summed E-state index contributed by atoms with van der Waals surface area (Å²) in [7, 11) is 0. The van der Waals surface area contributed by atoms with Crippen molar-refractivity contribution in [3.8, 4) is 17.2 Å². The highest BCUT2D eigenvalue weighted by Crippen LogP contribution is 2.40. The Balaban J connectivity index is 1.57. The first kappa shape index (κ1) is 27.2. The molecule has 38 heavy (non-hydrogen) atoms.